The van der Waals surface area contributed by atoms with Crippen LogP contribution >= 0.6 is 0 Å². The lowest BCUT2D eigenvalue weighted by molar-refractivity contribution is 1.09. The van der Waals surface area contributed by atoms with Crippen LogP contribution in [0, 0.1) is 18.3 Å². The summed E-state index contributed by atoms with van der Waals surface area (Å²) in [6.45, 7) is 2.06. The molecule has 0 fully saturated rings. The summed E-state index contributed by atoms with van der Waals surface area (Å²) in [7, 11) is 0. The molecule has 3 heteroatoms. The van der Waals surface area contributed by atoms with Crippen LogP contribution in [-0.4, -0.2) is 9.38 Å². The average molecular weight is 259 g/mol. The van der Waals surface area contributed by atoms with Crippen LogP contribution in [0.4, 0.5) is 0 Å². The maximum Gasteiger partial charge on any atom is 0.137 e. The summed E-state index contributed by atoms with van der Waals surface area (Å²) in [6, 6.07) is 15.6. The molecule has 0 aliphatic heterocycles. The first kappa shape index (κ1) is 12.2. The summed E-state index contributed by atoms with van der Waals surface area (Å²) < 4.78 is 2.07. The second kappa shape index (κ2) is 5.02. The molecule has 0 aliphatic carbocycles. The second-order valence-electron chi connectivity index (χ2n) is 4.63. The Kier molecular flexibility index (Phi) is 3.06. The largest absolute Gasteiger partial charge is 0.304 e. The van der Waals surface area contributed by atoms with Gasteiger partial charge in [-0.15, -0.1) is 0 Å². The molecule has 20 heavy (non-hydrogen) atoms. The van der Waals surface area contributed by atoms with E-state index >= 15 is 0 Å². The number of aromatic nitrogens is 2. The van der Waals surface area contributed by atoms with E-state index in [0.29, 0.717) is 5.56 Å². The minimum Gasteiger partial charge on any atom is -0.304 e. The van der Waals surface area contributed by atoms with Crippen molar-refractivity contribution in [3.63, 3.8) is 0 Å². The van der Waals surface area contributed by atoms with Crippen LogP contribution in [0.2, 0.25) is 0 Å². The Morgan fingerprint density at radius 1 is 1.10 bits per heavy atom. The molecule has 0 bridgehead atoms. The van der Waals surface area contributed by atoms with E-state index in [2.05, 4.69) is 28.4 Å². The molecule has 0 radical (unpaired) electrons. The SMILES string of the molecule is Cc1cccc2nc(/C=C/c3ccc(C#N)cc3)cn12. The quantitative estimate of drug-likeness (QED) is 0.704. The predicted molar refractivity (Wildman–Crippen MR) is 80.0 cm³/mol. The van der Waals surface area contributed by atoms with Crippen molar-refractivity contribution >= 4 is 17.8 Å². The number of imidazole rings is 1. The number of hydrogen-bond donors (Lipinski definition) is 0. The number of rotatable bonds is 2. The van der Waals surface area contributed by atoms with Gasteiger partial charge in [0, 0.05) is 11.9 Å². The topological polar surface area (TPSA) is 41.1 Å². The minimum atomic E-state index is 0.672. The molecule has 3 nitrogen and oxygen atoms in total. The zero-order chi connectivity index (χ0) is 13.9. The van der Waals surface area contributed by atoms with Crippen LogP contribution in [0.25, 0.3) is 17.8 Å². The van der Waals surface area contributed by atoms with Crippen molar-refractivity contribution in [3.05, 3.63) is 71.2 Å². The van der Waals surface area contributed by atoms with Gasteiger partial charge in [0.05, 0.1) is 17.3 Å². The van der Waals surface area contributed by atoms with Gasteiger partial charge in [-0.2, -0.15) is 5.26 Å². The normalized spacial score (nSPS) is 11.0. The van der Waals surface area contributed by atoms with Gasteiger partial charge in [-0.1, -0.05) is 24.3 Å². The van der Waals surface area contributed by atoms with E-state index in [1.165, 1.54) is 0 Å². The highest BCUT2D eigenvalue weighted by atomic mass is 15.0. The van der Waals surface area contributed by atoms with Crippen LogP contribution in [0.1, 0.15) is 22.5 Å². The first-order chi connectivity index (χ1) is 9.76. The Balaban J connectivity index is 1.90. The molecule has 2 heterocycles. The van der Waals surface area contributed by atoms with E-state index in [1.807, 2.05) is 54.7 Å². The standard InChI is InChI=1S/C17H13N3/c1-13-3-2-4-17-19-16(12-20(13)17)10-9-14-5-7-15(11-18)8-6-14/h2-10,12H,1H3/b10-9+. The van der Waals surface area contributed by atoms with Gasteiger partial charge < -0.3 is 4.40 Å². The van der Waals surface area contributed by atoms with Crippen molar-refractivity contribution in [1.29, 1.82) is 5.26 Å². The molecule has 1 aromatic carbocycles. The fourth-order valence-corrected chi connectivity index (χ4v) is 2.10. The molecule has 2 aromatic heterocycles. The molecular weight excluding hydrogens is 246 g/mol. The summed E-state index contributed by atoms with van der Waals surface area (Å²) in [5, 5.41) is 8.76. The average Bonchev–Trinajstić information content (AvgIpc) is 2.90. The fourth-order valence-electron chi connectivity index (χ4n) is 2.10. The summed E-state index contributed by atoms with van der Waals surface area (Å²) in [5.41, 5.74) is 4.75. The van der Waals surface area contributed by atoms with E-state index in [-0.39, 0.29) is 0 Å². The molecule has 0 amide bonds. The van der Waals surface area contributed by atoms with Crippen LogP contribution in [0.15, 0.2) is 48.7 Å². The molecule has 3 aromatic rings. The first-order valence-corrected chi connectivity index (χ1v) is 6.39. The zero-order valence-corrected chi connectivity index (χ0v) is 11.1. The third kappa shape index (κ3) is 2.32. The van der Waals surface area contributed by atoms with Gasteiger partial charge in [-0.05, 0) is 42.8 Å². The Bertz CT molecular complexity index is 818. The van der Waals surface area contributed by atoms with Crippen LogP contribution in [0.3, 0.4) is 0 Å². The van der Waals surface area contributed by atoms with Gasteiger partial charge in [0.15, 0.2) is 0 Å². The smallest absolute Gasteiger partial charge is 0.137 e. The fraction of sp³-hybridized carbons (Fsp3) is 0.0588. The molecule has 96 valence electrons. The van der Waals surface area contributed by atoms with Crippen molar-refractivity contribution in [2.24, 2.45) is 0 Å². The third-order valence-corrected chi connectivity index (χ3v) is 3.20. The Morgan fingerprint density at radius 3 is 2.60 bits per heavy atom. The van der Waals surface area contributed by atoms with E-state index in [9.17, 15) is 0 Å². The molecule has 0 N–H and O–H groups in total. The van der Waals surface area contributed by atoms with Gasteiger partial charge in [0.2, 0.25) is 0 Å². The Labute approximate surface area is 117 Å². The maximum atomic E-state index is 8.76. The van der Waals surface area contributed by atoms with E-state index < -0.39 is 0 Å². The van der Waals surface area contributed by atoms with Gasteiger partial charge >= 0.3 is 0 Å². The molecule has 0 spiro atoms. The third-order valence-electron chi connectivity index (χ3n) is 3.20. The molecule has 0 unspecified atom stereocenters. The summed E-state index contributed by atoms with van der Waals surface area (Å²) in [5.74, 6) is 0. The monoisotopic (exact) mass is 259 g/mol. The maximum absolute atomic E-state index is 8.76. The van der Waals surface area contributed by atoms with Gasteiger partial charge in [0.1, 0.15) is 5.65 Å². The molecule has 0 atom stereocenters. The number of fused-ring (bicyclic) bond motifs is 1. The van der Waals surface area contributed by atoms with Crippen LogP contribution in [0.5, 0.6) is 0 Å². The van der Waals surface area contributed by atoms with Crippen molar-refractivity contribution < 1.29 is 0 Å². The van der Waals surface area contributed by atoms with Crippen molar-refractivity contribution in [2.75, 3.05) is 0 Å². The highest BCUT2D eigenvalue weighted by molar-refractivity contribution is 5.69. The highest BCUT2D eigenvalue weighted by Crippen LogP contribution is 2.12. The lowest BCUT2D eigenvalue weighted by Gasteiger charge is -1.95. The summed E-state index contributed by atoms with van der Waals surface area (Å²) in [4.78, 5) is 4.55. The zero-order valence-electron chi connectivity index (χ0n) is 11.1. The molecular formula is C17H13N3. The summed E-state index contributed by atoms with van der Waals surface area (Å²) >= 11 is 0. The van der Waals surface area contributed by atoms with Gasteiger partial charge in [0.25, 0.3) is 0 Å². The minimum absolute atomic E-state index is 0.672. The molecule has 3 rings (SSSR count). The van der Waals surface area contributed by atoms with Crippen LogP contribution in [-0.2, 0) is 0 Å². The second-order valence-corrected chi connectivity index (χ2v) is 4.63. The first-order valence-electron chi connectivity index (χ1n) is 6.39. The molecule has 0 saturated heterocycles. The predicted octanol–water partition coefficient (Wildman–Crippen LogP) is 3.68. The molecule has 0 saturated carbocycles. The van der Waals surface area contributed by atoms with Crippen molar-refractivity contribution in [2.45, 2.75) is 6.92 Å². The van der Waals surface area contributed by atoms with Crippen molar-refractivity contribution in [3.8, 4) is 6.07 Å². The van der Waals surface area contributed by atoms with E-state index in [0.717, 1.165) is 22.6 Å². The summed E-state index contributed by atoms with van der Waals surface area (Å²) in [6.07, 6.45) is 6.00. The van der Waals surface area contributed by atoms with Crippen LogP contribution < -0.4 is 0 Å². The molecule has 0 aliphatic rings. The van der Waals surface area contributed by atoms with Crippen molar-refractivity contribution in [1.82, 2.24) is 9.38 Å². The van der Waals surface area contributed by atoms with Gasteiger partial charge in [-0.25, -0.2) is 4.98 Å². The highest BCUT2D eigenvalue weighted by Gasteiger charge is 1.99. The number of pyridine rings is 1. The van der Waals surface area contributed by atoms with Gasteiger partial charge in [-0.3, -0.25) is 0 Å². The van der Waals surface area contributed by atoms with E-state index in [1.54, 1.807) is 0 Å². The number of aryl methyl sites for hydroxylation is 1. The number of hydrogen-bond acceptors (Lipinski definition) is 2. The lowest BCUT2D eigenvalue weighted by Crippen LogP contribution is -1.86. The lowest BCUT2D eigenvalue weighted by atomic mass is 10.1. The number of nitrogens with zero attached hydrogens (tertiary/aromatic N) is 3. The number of benzene rings is 1. The number of nitriles is 1. The van der Waals surface area contributed by atoms with E-state index in [4.69, 9.17) is 5.26 Å². The Morgan fingerprint density at radius 2 is 1.90 bits per heavy atom. The Hall–Kier alpha value is -2.86.